The minimum Gasteiger partial charge on any atom is -0.394 e. The first-order valence-corrected chi connectivity index (χ1v) is 7.08. The van der Waals surface area contributed by atoms with Gasteiger partial charge in [-0.15, -0.1) is 0 Å². The molecule has 0 aromatic carbocycles. The molecular formula is C12H22O11. The molecule has 0 spiro atoms. The van der Waals surface area contributed by atoms with Gasteiger partial charge in [0.2, 0.25) is 0 Å². The molecule has 2 aliphatic heterocycles. The minimum atomic E-state index is -1.72. The fourth-order valence-corrected chi connectivity index (χ4v) is 2.49. The van der Waals surface area contributed by atoms with Crippen molar-refractivity contribution in [2.45, 2.75) is 61.4 Å². The van der Waals surface area contributed by atoms with Gasteiger partial charge >= 0.3 is 0 Å². The second-order valence-corrected chi connectivity index (χ2v) is 5.53. The zero-order valence-electron chi connectivity index (χ0n) is 12.0. The molecular weight excluding hydrogens is 320 g/mol. The normalized spacial score (nSPS) is 51.7. The zero-order valence-corrected chi connectivity index (χ0v) is 12.0. The lowest BCUT2D eigenvalue weighted by Crippen LogP contribution is -2.63. The van der Waals surface area contributed by atoms with E-state index in [0.29, 0.717) is 0 Å². The molecule has 8 N–H and O–H groups in total. The summed E-state index contributed by atoms with van der Waals surface area (Å²) < 4.78 is 15.3. The summed E-state index contributed by atoms with van der Waals surface area (Å²) in [5.74, 6) is 0. The Labute approximate surface area is 130 Å². The predicted octanol–water partition coefficient (Wildman–Crippen LogP) is -5.40. The van der Waals surface area contributed by atoms with Crippen molar-refractivity contribution in [3.8, 4) is 0 Å². The number of aliphatic hydroxyl groups excluding tert-OH is 8. The molecule has 11 nitrogen and oxygen atoms in total. The first-order valence-electron chi connectivity index (χ1n) is 7.08. The van der Waals surface area contributed by atoms with Crippen molar-refractivity contribution in [2.75, 3.05) is 13.2 Å². The molecule has 0 radical (unpaired) electrons. The van der Waals surface area contributed by atoms with Crippen molar-refractivity contribution in [2.24, 2.45) is 0 Å². The van der Waals surface area contributed by atoms with Crippen molar-refractivity contribution in [1.82, 2.24) is 0 Å². The highest BCUT2D eigenvalue weighted by Crippen LogP contribution is 2.27. The van der Waals surface area contributed by atoms with Gasteiger partial charge in [-0.2, -0.15) is 0 Å². The highest BCUT2D eigenvalue weighted by molar-refractivity contribution is 4.92. The van der Waals surface area contributed by atoms with E-state index in [2.05, 4.69) is 0 Å². The Bertz CT molecular complexity index is 344. The van der Waals surface area contributed by atoms with E-state index in [-0.39, 0.29) is 0 Å². The summed E-state index contributed by atoms with van der Waals surface area (Å²) in [4.78, 5) is 0. The minimum absolute atomic E-state index is 0.667. The number of ether oxygens (including phenoxy) is 3. The van der Waals surface area contributed by atoms with Crippen molar-refractivity contribution in [3.05, 3.63) is 0 Å². The average Bonchev–Trinajstić information content (AvgIpc) is 2.55. The van der Waals surface area contributed by atoms with Crippen LogP contribution in [0.5, 0.6) is 0 Å². The molecule has 11 heteroatoms. The molecule has 2 saturated heterocycles. The number of hydrogen-bond acceptors (Lipinski definition) is 11. The fraction of sp³-hybridized carbons (Fsp3) is 1.00. The standard InChI is InChI=1S/C12H22O11/c13-1-3-5(15)7(17)9(19)11(21-3)23-12-10(20)8(18)6(16)4(2-14)22-12/h3-20H,1-2H2/t3?,4?,5-,6+,7?,8?,9?,10?,11-,12-/m1/s1. The van der Waals surface area contributed by atoms with Gasteiger partial charge in [-0.05, 0) is 0 Å². The Hall–Kier alpha value is -0.440. The molecule has 2 aliphatic rings. The second-order valence-electron chi connectivity index (χ2n) is 5.53. The molecule has 0 aliphatic carbocycles. The molecule has 10 atom stereocenters. The van der Waals surface area contributed by atoms with Gasteiger partial charge in [-0.25, -0.2) is 0 Å². The largest absolute Gasteiger partial charge is 0.394 e. The van der Waals surface area contributed by atoms with E-state index < -0.39 is 74.6 Å². The van der Waals surface area contributed by atoms with Crippen LogP contribution in [0.25, 0.3) is 0 Å². The van der Waals surface area contributed by atoms with Crippen molar-refractivity contribution < 1.29 is 55.1 Å². The van der Waals surface area contributed by atoms with Crippen molar-refractivity contribution in [3.63, 3.8) is 0 Å². The van der Waals surface area contributed by atoms with Gasteiger partial charge in [0.25, 0.3) is 0 Å². The third-order valence-corrected chi connectivity index (χ3v) is 3.97. The van der Waals surface area contributed by atoms with E-state index >= 15 is 0 Å². The van der Waals surface area contributed by atoms with E-state index in [0.717, 1.165) is 0 Å². The summed E-state index contributed by atoms with van der Waals surface area (Å²) >= 11 is 0. The van der Waals surface area contributed by atoms with Crippen LogP contribution in [0.4, 0.5) is 0 Å². The molecule has 2 heterocycles. The summed E-state index contributed by atoms with van der Waals surface area (Å²) in [6, 6.07) is 0. The van der Waals surface area contributed by atoms with E-state index in [1.54, 1.807) is 0 Å². The lowest BCUT2D eigenvalue weighted by Gasteiger charge is -2.44. The fourth-order valence-electron chi connectivity index (χ4n) is 2.49. The van der Waals surface area contributed by atoms with E-state index in [1.165, 1.54) is 0 Å². The van der Waals surface area contributed by atoms with Crippen LogP contribution < -0.4 is 0 Å². The maximum Gasteiger partial charge on any atom is 0.189 e. The predicted molar refractivity (Wildman–Crippen MR) is 68.6 cm³/mol. The first kappa shape index (κ1) is 18.9. The van der Waals surface area contributed by atoms with Crippen LogP contribution >= 0.6 is 0 Å². The van der Waals surface area contributed by atoms with Gasteiger partial charge in [0, 0.05) is 0 Å². The quantitative estimate of drug-likeness (QED) is 0.243. The molecule has 2 fully saturated rings. The maximum atomic E-state index is 9.84. The zero-order chi connectivity index (χ0) is 17.3. The Balaban J connectivity index is 2.07. The highest BCUT2D eigenvalue weighted by Gasteiger charge is 2.49. The number of rotatable bonds is 4. The van der Waals surface area contributed by atoms with E-state index in [4.69, 9.17) is 24.4 Å². The van der Waals surface area contributed by atoms with Crippen LogP contribution in [-0.2, 0) is 14.2 Å². The van der Waals surface area contributed by atoms with Crippen LogP contribution in [0.1, 0.15) is 0 Å². The number of hydrogen-bond donors (Lipinski definition) is 8. The summed E-state index contributed by atoms with van der Waals surface area (Å²) in [6.45, 7) is -1.33. The Morgan fingerprint density at radius 2 is 0.913 bits per heavy atom. The van der Waals surface area contributed by atoms with Crippen LogP contribution in [0.3, 0.4) is 0 Å². The van der Waals surface area contributed by atoms with Gasteiger partial charge < -0.3 is 55.1 Å². The molecule has 0 aromatic rings. The first-order chi connectivity index (χ1) is 10.8. The summed E-state index contributed by atoms with van der Waals surface area (Å²) in [6.07, 6.45) is -15.6. The summed E-state index contributed by atoms with van der Waals surface area (Å²) in [5.41, 5.74) is 0. The third kappa shape index (κ3) is 3.65. The maximum absolute atomic E-state index is 9.84. The summed E-state index contributed by atoms with van der Waals surface area (Å²) in [7, 11) is 0. The van der Waals surface area contributed by atoms with Gasteiger partial charge in [0.05, 0.1) is 13.2 Å². The molecule has 23 heavy (non-hydrogen) atoms. The molecule has 136 valence electrons. The Morgan fingerprint density at radius 1 is 0.565 bits per heavy atom. The summed E-state index contributed by atoms with van der Waals surface area (Å²) in [5, 5.41) is 76.4. The van der Waals surface area contributed by atoms with Gasteiger partial charge in [-0.3, -0.25) is 0 Å². The second kappa shape index (κ2) is 7.63. The molecule has 2 rings (SSSR count). The average molecular weight is 342 g/mol. The molecule has 0 saturated carbocycles. The van der Waals surface area contributed by atoms with Gasteiger partial charge in [0.15, 0.2) is 12.6 Å². The number of aliphatic hydroxyl groups is 8. The van der Waals surface area contributed by atoms with E-state index in [1.807, 2.05) is 0 Å². The molecule has 0 aromatic heterocycles. The SMILES string of the molecule is OCC1O[C@H](O[C@H]2OC(CO)[C@H](O)C(O)C2O)C(O)C(O)[C@@H]1O. The molecule has 0 bridgehead atoms. The smallest absolute Gasteiger partial charge is 0.189 e. The topological polar surface area (TPSA) is 190 Å². The lowest BCUT2D eigenvalue weighted by atomic mass is 9.98. The van der Waals surface area contributed by atoms with Crippen LogP contribution in [0, 0.1) is 0 Å². The van der Waals surface area contributed by atoms with Gasteiger partial charge in [-0.1, -0.05) is 0 Å². The Kier molecular flexibility index (Phi) is 6.27. The lowest BCUT2D eigenvalue weighted by molar-refractivity contribution is -0.376. The van der Waals surface area contributed by atoms with Crippen LogP contribution in [0.15, 0.2) is 0 Å². The van der Waals surface area contributed by atoms with Gasteiger partial charge in [0.1, 0.15) is 48.8 Å². The Morgan fingerprint density at radius 3 is 1.22 bits per heavy atom. The monoisotopic (exact) mass is 342 g/mol. The highest BCUT2D eigenvalue weighted by atomic mass is 16.8. The molecule has 6 unspecified atom stereocenters. The van der Waals surface area contributed by atoms with Crippen molar-refractivity contribution >= 4 is 0 Å². The van der Waals surface area contributed by atoms with Crippen molar-refractivity contribution in [1.29, 1.82) is 0 Å². The van der Waals surface area contributed by atoms with Crippen LogP contribution in [0.2, 0.25) is 0 Å². The molecule has 0 amide bonds. The van der Waals surface area contributed by atoms with Crippen LogP contribution in [-0.4, -0.2) is 115 Å². The third-order valence-electron chi connectivity index (χ3n) is 3.97. The van der Waals surface area contributed by atoms with E-state index in [9.17, 15) is 30.6 Å².